The van der Waals surface area contributed by atoms with Crippen molar-refractivity contribution in [2.75, 3.05) is 26.0 Å². The molecule has 0 saturated heterocycles. The number of halogens is 3. The number of amides is 1. The van der Waals surface area contributed by atoms with Crippen molar-refractivity contribution in [3.63, 3.8) is 0 Å². The van der Waals surface area contributed by atoms with E-state index in [1.54, 1.807) is 18.2 Å². The van der Waals surface area contributed by atoms with Gasteiger partial charge in [0, 0.05) is 11.4 Å². The third kappa shape index (κ3) is 4.63. The minimum absolute atomic E-state index is 0.150. The standard InChI is InChI=1S/C12H14ClF2NO2S/c1-19-8-2-3-10(13)9(6-8)12(18)16(4-5-17)7-11(14)15/h2-3,6,11,17H,4-5,7H2,1H3. The van der Waals surface area contributed by atoms with Gasteiger partial charge in [0.15, 0.2) is 0 Å². The first kappa shape index (κ1) is 16.2. The summed E-state index contributed by atoms with van der Waals surface area (Å²) < 4.78 is 24.8. The van der Waals surface area contributed by atoms with Crippen molar-refractivity contribution in [3.8, 4) is 0 Å². The summed E-state index contributed by atoms with van der Waals surface area (Å²) >= 11 is 7.34. The van der Waals surface area contributed by atoms with Crippen molar-refractivity contribution in [1.82, 2.24) is 4.90 Å². The highest BCUT2D eigenvalue weighted by Crippen LogP contribution is 2.24. The molecule has 1 amide bonds. The fourth-order valence-electron chi connectivity index (χ4n) is 1.53. The van der Waals surface area contributed by atoms with Crippen LogP contribution in [0.5, 0.6) is 0 Å². The summed E-state index contributed by atoms with van der Waals surface area (Å²) in [6.07, 6.45) is -0.819. The molecule has 0 fully saturated rings. The number of hydrogen-bond donors (Lipinski definition) is 1. The van der Waals surface area contributed by atoms with Crippen LogP contribution >= 0.6 is 23.4 Å². The Morgan fingerprint density at radius 1 is 1.53 bits per heavy atom. The maximum Gasteiger partial charge on any atom is 0.255 e. The van der Waals surface area contributed by atoms with Crippen LogP contribution < -0.4 is 0 Å². The summed E-state index contributed by atoms with van der Waals surface area (Å²) in [5.74, 6) is -0.602. The van der Waals surface area contributed by atoms with Gasteiger partial charge in [-0.25, -0.2) is 8.78 Å². The molecule has 3 nitrogen and oxygen atoms in total. The van der Waals surface area contributed by atoms with E-state index < -0.39 is 18.9 Å². The van der Waals surface area contributed by atoms with E-state index in [-0.39, 0.29) is 23.7 Å². The molecule has 1 N–H and O–H groups in total. The molecule has 1 aromatic carbocycles. The van der Waals surface area contributed by atoms with Gasteiger partial charge < -0.3 is 10.0 Å². The van der Waals surface area contributed by atoms with Crippen molar-refractivity contribution in [1.29, 1.82) is 0 Å². The van der Waals surface area contributed by atoms with Gasteiger partial charge in [-0.1, -0.05) is 11.6 Å². The van der Waals surface area contributed by atoms with Crippen LogP contribution in [0.3, 0.4) is 0 Å². The average molecular weight is 310 g/mol. The van der Waals surface area contributed by atoms with E-state index in [0.717, 1.165) is 9.80 Å². The van der Waals surface area contributed by atoms with Crippen LogP contribution in [0.2, 0.25) is 5.02 Å². The molecular weight excluding hydrogens is 296 g/mol. The number of carbonyl (C=O) groups excluding carboxylic acids is 1. The number of carbonyl (C=O) groups is 1. The van der Waals surface area contributed by atoms with E-state index in [4.69, 9.17) is 16.7 Å². The largest absolute Gasteiger partial charge is 0.395 e. The maximum atomic E-state index is 12.4. The average Bonchev–Trinajstić information content (AvgIpc) is 2.37. The van der Waals surface area contributed by atoms with Crippen LogP contribution in [0.1, 0.15) is 10.4 Å². The van der Waals surface area contributed by atoms with Crippen LogP contribution in [-0.4, -0.2) is 48.3 Å². The molecule has 0 saturated carbocycles. The fourth-order valence-corrected chi connectivity index (χ4v) is 2.17. The molecule has 0 atom stereocenters. The van der Waals surface area contributed by atoms with Gasteiger partial charge in [0.1, 0.15) is 0 Å². The molecule has 0 spiro atoms. The summed E-state index contributed by atoms with van der Waals surface area (Å²) in [7, 11) is 0. The van der Waals surface area contributed by atoms with Crippen molar-refractivity contribution in [2.24, 2.45) is 0 Å². The zero-order valence-electron chi connectivity index (χ0n) is 10.3. The summed E-state index contributed by atoms with van der Waals surface area (Å²) in [4.78, 5) is 13.9. The first-order chi connectivity index (χ1) is 8.99. The molecule has 0 aromatic heterocycles. The number of aliphatic hydroxyl groups is 1. The zero-order chi connectivity index (χ0) is 14.4. The fraction of sp³-hybridized carbons (Fsp3) is 0.417. The predicted octanol–water partition coefficient (Wildman–Crippen LogP) is 2.76. The molecule has 0 heterocycles. The lowest BCUT2D eigenvalue weighted by atomic mass is 10.2. The van der Waals surface area contributed by atoms with Crippen molar-refractivity contribution >= 4 is 29.3 Å². The van der Waals surface area contributed by atoms with Crippen molar-refractivity contribution < 1.29 is 18.7 Å². The highest BCUT2D eigenvalue weighted by molar-refractivity contribution is 7.98. The Labute approximate surface area is 119 Å². The molecule has 0 unspecified atom stereocenters. The maximum absolute atomic E-state index is 12.4. The number of thioether (sulfide) groups is 1. The van der Waals surface area contributed by atoms with Gasteiger partial charge in [0.25, 0.3) is 12.3 Å². The Hall–Kier alpha value is -0.850. The van der Waals surface area contributed by atoms with Gasteiger partial charge >= 0.3 is 0 Å². The summed E-state index contributed by atoms with van der Waals surface area (Å²) in [5.41, 5.74) is 0.169. The number of rotatable bonds is 6. The van der Waals surface area contributed by atoms with Crippen molar-refractivity contribution in [3.05, 3.63) is 28.8 Å². The van der Waals surface area contributed by atoms with Crippen LogP contribution in [0.4, 0.5) is 8.78 Å². The molecule has 1 rings (SSSR count). The predicted molar refractivity (Wildman–Crippen MR) is 72.2 cm³/mol. The van der Waals surface area contributed by atoms with E-state index in [0.29, 0.717) is 0 Å². The summed E-state index contributed by atoms with van der Waals surface area (Å²) in [6.45, 7) is -1.25. The topological polar surface area (TPSA) is 40.5 Å². The van der Waals surface area contributed by atoms with Gasteiger partial charge in [-0.2, -0.15) is 0 Å². The van der Waals surface area contributed by atoms with E-state index in [1.807, 2.05) is 6.26 Å². The quantitative estimate of drug-likeness (QED) is 0.822. The Bertz CT molecular complexity index is 446. The van der Waals surface area contributed by atoms with E-state index in [2.05, 4.69) is 0 Å². The molecule has 0 bridgehead atoms. The lowest BCUT2D eigenvalue weighted by Gasteiger charge is -2.22. The monoisotopic (exact) mass is 309 g/mol. The molecule has 0 aliphatic rings. The lowest BCUT2D eigenvalue weighted by Crippen LogP contribution is -2.37. The first-order valence-corrected chi connectivity index (χ1v) is 7.11. The molecule has 0 aliphatic heterocycles. The van der Waals surface area contributed by atoms with Gasteiger partial charge in [0.2, 0.25) is 0 Å². The number of nitrogens with zero attached hydrogens (tertiary/aromatic N) is 1. The molecule has 7 heteroatoms. The third-order valence-corrected chi connectivity index (χ3v) is 3.47. The number of alkyl halides is 2. The van der Waals surface area contributed by atoms with Crippen LogP contribution in [0.15, 0.2) is 23.1 Å². The molecule has 19 heavy (non-hydrogen) atoms. The Morgan fingerprint density at radius 3 is 2.74 bits per heavy atom. The normalized spacial score (nSPS) is 10.8. The van der Waals surface area contributed by atoms with Crippen LogP contribution in [0, 0.1) is 0 Å². The number of aliphatic hydroxyl groups excluding tert-OH is 1. The Kier molecular flexibility index (Phi) is 6.54. The van der Waals surface area contributed by atoms with E-state index in [1.165, 1.54) is 11.8 Å². The SMILES string of the molecule is CSc1ccc(Cl)c(C(=O)N(CCO)CC(F)F)c1. The zero-order valence-corrected chi connectivity index (χ0v) is 11.8. The second-order valence-corrected chi connectivity index (χ2v) is 5.00. The Morgan fingerprint density at radius 2 is 2.21 bits per heavy atom. The summed E-state index contributed by atoms with van der Waals surface area (Å²) in [6, 6.07) is 4.86. The second-order valence-electron chi connectivity index (χ2n) is 3.71. The third-order valence-electron chi connectivity index (χ3n) is 2.42. The molecular formula is C12H14ClF2NO2S. The van der Waals surface area contributed by atoms with E-state index in [9.17, 15) is 13.6 Å². The van der Waals surface area contributed by atoms with Crippen molar-refractivity contribution in [2.45, 2.75) is 11.3 Å². The Balaban J connectivity index is 3.01. The minimum atomic E-state index is -2.65. The number of hydrogen-bond acceptors (Lipinski definition) is 3. The highest BCUT2D eigenvalue weighted by Gasteiger charge is 2.21. The lowest BCUT2D eigenvalue weighted by molar-refractivity contribution is 0.0509. The molecule has 1 aromatic rings. The molecule has 0 aliphatic carbocycles. The van der Waals surface area contributed by atoms with Crippen LogP contribution in [0.25, 0.3) is 0 Å². The smallest absolute Gasteiger partial charge is 0.255 e. The van der Waals surface area contributed by atoms with Gasteiger partial charge in [-0.3, -0.25) is 4.79 Å². The van der Waals surface area contributed by atoms with Crippen LogP contribution in [-0.2, 0) is 0 Å². The summed E-state index contributed by atoms with van der Waals surface area (Å²) in [5, 5.41) is 9.05. The second kappa shape index (κ2) is 7.67. The van der Waals surface area contributed by atoms with Gasteiger partial charge in [-0.05, 0) is 24.5 Å². The molecule has 0 radical (unpaired) electrons. The minimum Gasteiger partial charge on any atom is -0.395 e. The first-order valence-electron chi connectivity index (χ1n) is 5.51. The highest BCUT2D eigenvalue weighted by atomic mass is 35.5. The van der Waals surface area contributed by atoms with E-state index >= 15 is 0 Å². The molecule has 106 valence electrons. The van der Waals surface area contributed by atoms with Gasteiger partial charge in [-0.15, -0.1) is 11.8 Å². The number of benzene rings is 1. The van der Waals surface area contributed by atoms with Gasteiger partial charge in [0.05, 0.1) is 23.7 Å².